The van der Waals surface area contributed by atoms with E-state index in [2.05, 4.69) is 17.1 Å². The van der Waals surface area contributed by atoms with E-state index in [0.29, 0.717) is 31.9 Å². The first-order valence-corrected chi connectivity index (χ1v) is 9.20. The molecular weight excluding hydrogens is 471 g/mol. The quantitative estimate of drug-likeness (QED) is 0.516. The van der Waals surface area contributed by atoms with Crippen LogP contribution in [-0.2, 0) is 30.9 Å². The van der Waals surface area contributed by atoms with E-state index in [0.717, 1.165) is 18.2 Å². The predicted octanol–water partition coefficient (Wildman–Crippen LogP) is 2.41. The Hall–Kier alpha value is -1.88. The van der Waals surface area contributed by atoms with Gasteiger partial charge in [-0.15, -0.1) is 0 Å². The van der Waals surface area contributed by atoms with Gasteiger partial charge in [0.15, 0.2) is 0 Å². The number of aliphatic carboxylic acids is 1. The van der Waals surface area contributed by atoms with Crippen LogP contribution < -0.4 is 7.81 Å². The van der Waals surface area contributed by atoms with Crippen LogP contribution in [0.2, 0.25) is 0 Å². The van der Waals surface area contributed by atoms with Crippen molar-refractivity contribution in [1.82, 2.24) is 0 Å². The topological polar surface area (TPSA) is 79.1 Å². The van der Waals surface area contributed by atoms with Crippen molar-refractivity contribution >= 4 is 20.9 Å². The van der Waals surface area contributed by atoms with Gasteiger partial charge in [0.2, 0.25) is 0 Å². The number of phenolic OH excluding ortho intramolecular Hbond substituents is 1. The molecular formula is C16H16HgNO4. The molecule has 0 aliphatic rings. The molecule has 5 nitrogen and oxygen atoms in total. The van der Waals surface area contributed by atoms with E-state index < -0.39 is 5.97 Å². The second-order valence-electron chi connectivity index (χ2n) is 4.37. The Labute approximate surface area is 145 Å². The van der Waals surface area contributed by atoms with Crippen molar-refractivity contribution in [2.75, 3.05) is 7.11 Å². The molecule has 0 radical (unpaired) electrons. The Bertz CT molecular complexity index is 650. The van der Waals surface area contributed by atoms with Gasteiger partial charge in [-0.1, -0.05) is 0 Å². The van der Waals surface area contributed by atoms with Gasteiger partial charge >= 0.3 is 123 Å². The summed E-state index contributed by atoms with van der Waals surface area (Å²) in [6.45, 7) is 1.08. The fraction of sp³-hybridized carbons (Fsp3) is 0.125. The van der Waals surface area contributed by atoms with Crippen LogP contribution in [0.4, 0.5) is 5.69 Å². The molecule has 0 heterocycles. The van der Waals surface area contributed by atoms with Gasteiger partial charge in [-0.3, -0.25) is 4.79 Å². The van der Waals surface area contributed by atoms with Crippen molar-refractivity contribution in [1.29, 1.82) is 0 Å². The van der Waals surface area contributed by atoms with Crippen molar-refractivity contribution in [2.45, 2.75) is 6.92 Å². The van der Waals surface area contributed by atoms with E-state index >= 15 is 0 Å². The van der Waals surface area contributed by atoms with Crippen LogP contribution in [0.3, 0.4) is 0 Å². The number of methoxy groups -OCH3 is 1. The van der Waals surface area contributed by atoms with Gasteiger partial charge in [-0.25, -0.2) is 0 Å². The average Bonchev–Trinajstić information content (AvgIpc) is 2.47. The van der Waals surface area contributed by atoms with Crippen LogP contribution >= 0.6 is 0 Å². The van der Waals surface area contributed by atoms with Gasteiger partial charge in [-0.2, -0.15) is 0 Å². The van der Waals surface area contributed by atoms with Crippen molar-refractivity contribution in [3.05, 3.63) is 48.0 Å². The zero-order valence-electron chi connectivity index (χ0n) is 12.5. The van der Waals surface area contributed by atoms with Crippen LogP contribution in [0.25, 0.3) is 0 Å². The summed E-state index contributed by atoms with van der Waals surface area (Å²) in [4.78, 5) is 13.4. The first-order valence-electron chi connectivity index (χ1n) is 6.45. The third-order valence-electron chi connectivity index (χ3n) is 2.50. The molecule has 0 saturated carbocycles. The maximum absolute atomic E-state index is 9.49. The molecule has 0 fully saturated rings. The molecule has 0 amide bonds. The molecule has 0 aliphatic heterocycles. The van der Waals surface area contributed by atoms with E-state index in [9.17, 15) is 5.11 Å². The minimum atomic E-state index is -0.833. The second kappa shape index (κ2) is 9.20. The molecule has 2 aromatic rings. The Morgan fingerprint density at radius 2 is 1.82 bits per heavy atom. The number of carboxylic acid groups (broad SMARTS) is 1. The van der Waals surface area contributed by atoms with Crippen LogP contribution in [-0.4, -0.2) is 29.5 Å². The number of aromatic hydroxyl groups is 1. The van der Waals surface area contributed by atoms with Gasteiger partial charge in [0.05, 0.1) is 0 Å². The van der Waals surface area contributed by atoms with E-state index in [1.807, 2.05) is 12.1 Å². The third-order valence-corrected chi connectivity index (χ3v) is 4.34. The van der Waals surface area contributed by atoms with Crippen molar-refractivity contribution < 1.29 is 45.9 Å². The molecule has 2 N–H and O–H groups in total. The molecule has 2 aromatic carbocycles. The normalized spacial score (nSPS) is 10.0. The van der Waals surface area contributed by atoms with Gasteiger partial charge < -0.3 is 5.11 Å². The van der Waals surface area contributed by atoms with E-state index in [1.54, 1.807) is 24.4 Å². The van der Waals surface area contributed by atoms with E-state index in [-0.39, 0.29) is 5.75 Å². The third kappa shape index (κ3) is 6.71. The number of phenols is 1. The van der Waals surface area contributed by atoms with Gasteiger partial charge in [-0.05, 0) is 0 Å². The zero-order valence-corrected chi connectivity index (χ0v) is 18.0. The summed E-state index contributed by atoms with van der Waals surface area (Å²) in [6.07, 6.45) is 1.76. The van der Waals surface area contributed by atoms with Crippen molar-refractivity contribution in [2.24, 2.45) is 4.99 Å². The Balaban J connectivity index is 0.000000541. The number of carbonyl (C=O) groups is 1. The SMILES string of the molecule is CC(=O)O.COc1cc(C=Nc2cc[c]([Hg])cc2)ccc1O. The predicted molar refractivity (Wildman–Crippen MR) is 81.3 cm³/mol. The number of hydrogen-bond acceptors (Lipinski definition) is 4. The number of nitrogens with zero attached hydrogens (tertiary/aromatic N) is 1. The molecule has 0 saturated heterocycles. The molecule has 22 heavy (non-hydrogen) atoms. The number of hydrogen-bond donors (Lipinski definition) is 2. The number of carboxylic acids is 1. The first-order chi connectivity index (χ1) is 10.4. The maximum atomic E-state index is 9.49. The Kier molecular flexibility index (Phi) is 7.59. The van der Waals surface area contributed by atoms with Crippen molar-refractivity contribution in [3.8, 4) is 11.5 Å². The Morgan fingerprint density at radius 3 is 2.36 bits per heavy atom. The molecule has 6 heteroatoms. The summed E-state index contributed by atoms with van der Waals surface area (Å²) in [6, 6.07) is 13.4. The van der Waals surface area contributed by atoms with E-state index in [1.165, 1.54) is 10.2 Å². The zero-order chi connectivity index (χ0) is 16.5. The van der Waals surface area contributed by atoms with Crippen LogP contribution in [0.15, 0.2) is 47.5 Å². The molecule has 0 atom stereocenters. The molecule has 0 bridgehead atoms. The van der Waals surface area contributed by atoms with Gasteiger partial charge in [0.25, 0.3) is 5.97 Å². The van der Waals surface area contributed by atoms with Crippen LogP contribution in [0.1, 0.15) is 12.5 Å². The molecule has 2 rings (SSSR count). The number of benzene rings is 2. The summed E-state index contributed by atoms with van der Waals surface area (Å²) in [5, 5.41) is 16.9. The number of aliphatic imine (C=N–C) groups is 1. The summed E-state index contributed by atoms with van der Waals surface area (Å²) >= 11 is 0.659. The van der Waals surface area contributed by atoms with Gasteiger partial charge in [0.1, 0.15) is 0 Å². The molecule has 0 spiro atoms. The fourth-order valence-corrected chi connectivity index (χ4v) is 2.42. The Morgan fingerprint density at radius 1 is 1.23 bits per heavy atom. The fourth-order valence-electron chi connectivity index (χ4n) is 1.51. The second-order valence-corrected chi connectivity index (χ2v) is 7.55. The summed E-state index contributed by atoms with van der Waals surface area (Å²) in [7, 11) is 1.53. The van der Waals surface area contributed by atoms with E-state index in [4.69, 9.17) is 14.6 Å². The summed E-state index contributed by atoms with van der Waals surface area (Å²) in [5.41, 5.74) is 1.82. The summed E-state index contributed by atoms with van der Waals surface area (Å²) < 4.78 is 6.45. The van der Waals surface area contributed by atoms with Crippen LogP contribution in [0, 0.1) is 0 Å². The minimum absolute atomic E-state index is 0.136. The number of rotatable bonds is 3. The first kappa shape index (κ1) is 18.2. The van der Waals surface area contributed by atoms with Crippen LogP contribution in [0.5, 0.6) is 11.5 Å². The van der Waals surface area contributed by atoms with Crippen molar-refractivity contribution in [3.63, 3.8) is 0 Å². The molecule has 0 aromatic heterocycles. The monoisotopic (exact) mass is 488 g/mol. The molecule has 111 valence electrons. The molecule has 0 unspecified atom stereocenters. The average molecular weight is 487 g/mol. The number of ether oxygens (including phenoxy) is 1. The summed E-state index contributed by atoms with van der Waals surface area (Å²) in [5.74, 6) is -0.242. The van der Waals surface area contributed by atoms with Gasteiger partial charge in [0, 0.05) is 6.92 Å². The molecule has 0 aliphatic carbocycles. The standard InChI is InChI=1S/C14H12NO2.C2H4O2.Hg/c1-17-14-9-11(7-8-13(14)16)10-15-12-5-3-2-4-6-12;1-2(3)4;/h3-10,16H,1H3;1H3,(H,3,4);.